The van der Waals surface area contributed by atoms with Crippen LogP contribution >= 0.6 is 23.1 Å². The summed E-state index contributed by atoms with van der Waals surface area (Å²) in [6, 6.07) is 11.8. The predicted octanol–water partition coefficient (Wildman–Crippen LogP) is 4.05. The summed E-state index contributed by atoms with van der Waals surface area (Å²) >= 11 is 2.97. The Morgan fingerprint density at radius 3 is 2.39 bits per heavy atom. The Morgan fingerprint density at radius 2 is 1.77 bits per heavy atom. The van der Waals surface area contributed by atoms with Gasteiger partial charge in [0.1, 0.15) is 12.6 Å². The van der Waals surface area contributed by atoms with Crippen LogP contribution < -0.4 is 10.6 Å². The van der Waals surface area contributed by atoms with Crippen molar-refractivity contribution in [1.29, 1.82) is 0 Å². The van der Waals surface area contributed by atoms with Gasteiger partial charge in [-0.1, -0.05) is 50.2 Å². The van der Waals surface area contributed by atoms with Crippen LogP contribution in [0.4, 0.5) is 4.79 Å². The van der Waals surface area contributed by atoms with Crippen LogP contribution in [0.1, 0.15) is 30.7 Å². The first-order valence-electron chi connectivity index (χ1n) is 10.2. The second-order valence-electron chi connectivity index (χ2n) is 7.63. The first-order valence-corrected chi connectivity index (χ1v) is 12.5. The number of amides is 2. The highest BCUT2D eigenvalue weighted by Crippen LogP contribution is 2.14. The van der Waals surface area contributed by atoms with E-state index in [4.69, 9.17) is 4.74 Å². The summed E-state index contributed by atoms with van der Waals surface area (Å²) in [5.41, 5.74) is 0.862. The molecule has 0 aliphatic rings. The molecule has 0 aliphatic heterocycles. The number of thioether (sulfide) groups is 1. The molecule has 2 N–H and O–H groups in total. The lowest BCUT2D eigenvalue weighted by Gasteiger charge is -2.23. The molecule has 1 heterocycles. The molecule has 0 fully saturated rings. The molecule has 1 aromatic carbocycles. The molecule has 0 bridgehead atoms. The Morgan fingerprint density at radius 1 is 1.03 bits per heavy atom. The summed E-state index contributed by atoms with van der Waals surface area (Å²) in [5.74, 6) is 0.0749. The molecule has 8 heteroatoms. The number of thiophene rings is 1. The number of ether oxygens (including phenoxy) is 1. The number of Topliss-reactive ketones (excluding diaryl/α,β-unsaturated/α-hetero) is 1. The minimum absolute atomic E-state index is 0.0378. The van der Waals surface area contributed by atoms with Crippen molar-refractivity contribution < 1.29 is 19.1 Å². The van der Waals surface area contributed by atoms with Gasteiger partial charge in [0.05, 0.1) is 11.8 Å². The Labute approximate surface area is 192 Å². The smallest absolute Gasteiger partial charge is 0.408 e. The van der Waals surface area contributed by atoms with Crippen molar-refractivity contribution >= 4 is 40.9 Å². The maximum absolute atomic E-state index is 13.0. The van der Waals surface area contributed by atoms with Gasteiger partial charge in [-0.3, -0.25) is 9.59 Å². The molecule has 0 aliphatic carbocycles. The highest BCUT2D eigenvalue weighted by molar-refractivity contribution is 7.99. The standard InChI is InChI=1S/C23H30N2O4S2/c1-16(2)12-20(25-23(28)29-14-17-8-5-4-6-9-17)22(27)24-19(21(26)15-30-3)13-18-10-7-11-31-18/h4-11,16,19-20H,12-15H2,1-3H3,(H,24,27)(H,25,28). The second-order valence-corrected chi connectivity index (χ2v) is 9.53. The number of rotatable bonds is 12. The summed E-state index contributed by atoms with van der Waals surface area (Å²) in [4.78, 5) is 38.9. The van der Waals surface area contributed by atoms with E-state index in [1.165, 1.54) is 11.8 Å². The summed E-state index contributed by atoms with van der Waals surface area (Å²) in [6.45, 7) is 4.06. The van der Waals surface area contributed by atoms with Crippen molar-refractivity contribution in [2.75, 3.05) is 12.0 Å². The minimum Gasteiger partial charge on any atom is -0.445 e. The van der Waals surface area contributed by atoms with Crippen molar-refractivity contribution in [3.63, 3.8) is 0 Å². The van der Waals surface area contributed by atoms with Gasteiger partial charge in [-0.05, 0) is 35.6 Å². The molecule has 6 nitrogen and oxygen atoms in total. The van der Waals surface area contributed by atoms with Gasteiger partial charge in [0, 0.05) is 11.3 Å². The van der Waals surface area contributed by atoms with Crippen LogP contribution in [-0.4, -0.2) is 41.9 Å². The average Bonchev–Trinajstić information content (AvgIpc) is 3.25. The van der Waals surface area contributed by atoms with Crippen molar-refractivity contribution in [1.82, 2.24) is 10.6 Å². The van der Waals surface area contributed by atoms with Gasteiger partial charge >= 0.3 is 6.09 Å². The number of nitrogens with one attached hydrogen (secondary N) is 2. The minimum atomic E-state index is -0.781. The lowest BCUT2D eigenvalue weighted by atomic mass is 10.0. The van der Waals surface area contributed by atoms with E-state index in [2.05, 4.69) is 10.6 Å². The molecular formula is C23H30N2O4S2. The van der Waals surface area contributed by atoms with Crippen LogP contribution in [0.5, 0.6) is 0 Å². The SMILES string of the molecule is CSCC(=O)C(Cc1cccs1)NC(=O)C(CC(C)C)NC(=O)OCc1ccccc1. The molecule has 2 rings (SSSR count). The van der Waals surface area contributed by atoms with Gasteiger partial charge in [0.25, 0.3) is 0 Å². The van der Waals surface area contributed by atoms with Crippen LogP contribution in [-0.2, 0) is 27.4 Å². The van der Waals surface area contributed by atoms with Gasteiger partial charge in [0.15, 0.2) is 5.78 Å². The van der Waals surface area contributed by atoms with Gasteiger partial charge in [-0.25, -0.2) is 4.79 Å². The summed E-state index contributed by atoms with van der Waals surface area (Å²) < 4.78 is 5.27. The number of hydrogen-bond acceptors (Lipinski definition) is 6. The van der Waals surface area contributed by atoms with Gasteiger partial charge < -0.3 is 15.4 Å². The molecule has 2 amide bonds. The zero-order valence-electron chi connectivity index (χ0n) is 18.1. The number of ketones is 1. The van der Waals surface area contributed by atoms with E-state index < -0.39 is 18.2 Å². The van der Waals surface area contributed by atoms with Crippen molar-refractivity contribution in [2.24, 2.45) is 5.92 Å². The number of hydrogen-bond donors (Lipinski definition) is 2. The average molecular weight is 463 g/mol. The number of benzene rings is 1. The Bertz CT molecular complexity index is 825. The molecular weight excluding hydrogens is 432 g/mol. The molecule has 2 unspecified atom stereocenters. The van der Waals surface area contributed by atoms with E-state index in [9.17, 15) is 14.4 Å². The highest BCUT2D eigenvalue weighted by Gasteiger charge is 2.28. The third-order valence-corrected chi connectivity index (χ3v) is 5.98. The van der Waals surface area contributed by atoms with Crippen LogP contribution in [0.3, 0.4) is 0 Å². The van der Waals surface area contributed by atoms with Crippen molar-refractivity contribution in [2.45, 2.75) is 45.4 Å². The molecule has 0 saturated carbocycles. The molecule has 168 valence electrons. The largest absolute Gasteiger partial charge is 0.445 e. The molecule has 2 atom stereocenters. The number of carbonyl (C=O) groups excluding carboxylic acids is 3. The monoisotopic (exact) mass is 462 g/mol. The van der Waals surface area contributed by atoms with E-state index in [0.717, 1.165) is 10.4 Å². The topological polar surface area (TPSA) is 84.5 Å². The first-order chi connectivity index (χ1) is 14.9. The normalized spacial score (nSPS) is 12.8. The zero-order chi connectivity index (χ0) is 22.6. The molecule has 0 saturated heterocycles. The molecule has 2 aromatic rings. The van der Waals surface area contributed by atoms with E-state index in [1.807, 2.05) is 67.9 Å². The summed E-state index contributed by atoms with van der Waals surface area (Å²) in [6.07, 6.45) is 2.08. The number of carbonyl (C=O) groups is 3. The quantitative estimate of drug-likeness (QED) is 0.497. The fourth-order valence-electron chi connectivity index (χ4n) is 3.00. The highest BCUT2D eigenvalue weighted by atomic mass is 32.2. The maximum Gasteiger partial charge on any atom is 0.408 e. The molecule has 1 aromatic heterocycles. The molecule has 0 spiro atoms. The van der Waals surface area contributed by atoms with Crippen LogP contribution in [0.2, 0.25) is 0 Å². The van der Waals surface area contributed by atoms with Gasteiger partial charge in [0.2, 0.25) is 5.91 Å². The van der Waals surface area contributed by atoms with Crippen LogP contribution in [0.25, 0.3) is 0 Å². The van der Waals surface area contributed by atoms with Gasteiger partial charge in [-0.2, -0.15) is 11.8 Å². The van der Waals surface area contributed by atoms with E-state index in [1.54, 1.807) is 11.3 Å². The second kappa shape index (κ2) is 13.2. The fraction of sp³-hybridized carbons (Fsp3) is 0.435. The maximum atomic E-state index is 13.0. The summed E-state index contributed by atoms with van der Waals surface area (Å²) in [7, 11) is 0. The fourth-order valence-corrected chi connectivity index (χ4v) is 4.24. The predicted molar refractivity (Wildman–Crippen MR) is 126 cm³/mol. The molecule has 0 radical (unpaired) electrons. The Hall–Kier alpha value is -2.32. The van der Waals surface area contributed by atoms with Crippen LogP contribution in [0.15, 0.2) is 47.8 Å². The van der Waals surface area contributed by atoms with E-state index >= 15 is 0 Å². The lowest BCUT2D eigenvalue weighted by molar-refractivity contribution is -0.128. The van der Waals surface area contributed by atoms with Crippen molar-refractivity contribution in [3.05, 3.63) is 58.3 Å². The summed E-state index contributed by atoms with van der Waals surface area (Å²) in [5, 5.41) is 7.47. The Kier molecular flexibility index (Phi) is 10.6. The van der Waals surface area contributed by atoms with E-state index in [-0.39, 0.29) is 24.2 Å². The van der Waals surface area contributed by atoms with Gasteiger partial charge in [-0.15, -0.1) is 11.3 Å². The first kappa shape index (κ1) is 24.9. The zero-order valence-corrected chi connectivity index (χ0v) is 19.8. The third kappa shape index (κ3) is 9.14. The third-order valence-electron chi connectivity index (χ3n) is 4.51. The van der Waals surface area contributed by atoms with Crippen molar-refractivity contribution in [3.8, 4) is 0 Å². The lowest BCUT2D eigenvalue weighted by Crippen LogP contribution is -2.53. The Balaban J connectivity index is 2.01. The number of alkyl carbamates (subject to hydrolysis) is 1. The molecule has 31 heavy (non-hydrogen) atoms. The van der Waals surface area contributed by atoms with Crippen LogP contribution in [0, 0.1) is 5.92 Å². The van der Waals surface area contributed by atoms with E-state index in [0.29, 0.717) is 18.6 Å².